The van der Waals surface area contributed by atoms with E-state index in [0.717, 1.165) is 12.8 Å². The standard InChI is InChI=1S/C11H20O2/c1-3-4-5-6-7-8-10(2)9-11(12)13/h6-7,10H,3-5,8-9H2,1-2H3,(H,12,13). The molecule has 0 spiro atoms. The zero-order valence-electron chi connectivity index (χ0n) is 8.62. The Labute approximate surface area is 80.7 Å². The van der Waals surface area contributed by atoms with Crippen molar-refractivity contribution < 1.29 is 9.90 Å². The molecular weight excluding hydrogens is 164 g/mol. The van der Waals surface area contributed by atoms with E-state index in [-0.39, 0.29) is 12.3 Å². The highest BCUT2D eigenvalue weighted by Crippen LogP contribution is 2.08. The van der Waals surface area contributed by atoms with Crippen molar-refractivity contribution >= 4 is 5.97 Å². The Hall–Kier alpha value is -0.790. The summed E-state index contributed by atoms with van der Waals surface area (Å²) < 4.78 is 0. The second kappa shape index (κ2) is 7.84. The third-order valence-corrected chi connectivity index (χ3v) is 1.95. The Morgan fingerprint density at radius 3 is 2.69 bits per heavy atom. The minimum absolute atomic E-state index is 0.260. The van der Waals surface area contributed by atoms with Crippen LogP contribution in [-0.4, -0.2) is 11.1 Å². The molecule has 1 unspecified atom stereocenters. The summed E-state index contributed by atoms with van der Waals surface area (Å²) in [4.78, 5) is 10.3. The van der Waals surface area contributed by atoms with E-state index in [1.807, 2.05) is 6.92 Å². The predicted molar refractivity (Wildman–Crippen MR) is 54.7 cm³/mol. The highest BCUT2D eigenvalue weighted by molar-refractivity contribution is 5.66. The van der Waals surface area contributed by atoms with E-state index in [1.165, 1.54) is 12.8 Å². The van der Waals surface area contributed by atoms with Crippen molar-refractivity contribution in [3.05, 3.63) is 12.2 Å². The second-order valence-corrected chi connectivity index (χ2v) is 3.55. The van der Waals surface area contributed by atoms with E-state index in [0.29, 0.717) is 0 Å². The van der Waals surface area contributed by atoms with Crippen molar-refractivity contribution in [3.8, 4) is 0 Å². The first-order valence-electron chi connectivity index (χ1n) is 5.03. The molecule has 0 heterocycles. The predicted octanol–water partition coefficient (Wildman–Crippen LogP) is 3.23. The van der Waals surface area contributed by atoms with Gasteiger partial charge < -0.3 is 5.11 Å². The number of rotatable bonds is 7. The van der Waals surface area contributed by atoms with Crippen LogP contribution >= 0.6 is 0 Å². The van der Waals surface area contributed by atoms with Gasteiger partial charge in [-0.2, -0.15) is 0 Å². The molecule has 13 heavy (non-hydrogen) atoms. The molecule has 1 atom stereocenters. The van der Waals surface area contributed by atoms with Gasteiger partial charge in [-0.3, -0.25) is 4.79 Å². The van der Waals surface area contributed by atoms with Crippen LogP contribution < -0.4 is 0 Å². The van der Waals surface area contributed by atoms with Crippen molar-refractivity contribution in [2.24, 2.45) is 5.92 Å². The SMILES string of the molecule is CCCCC=CCC(C)CC(=O)O. The van der Waals surface area contributed by atoms with Crippen LogP contribution in [0.4, 0.5) is 0 Å². The molecule has 0 aromatic heterocycles. The number of hydrogen-bond acceptors (Lipinski definition) is 1. The molecule has 0 rings (SSSR count). The van der Waals surface area contributed by atoms with Gasteiger partial charge in [-0.05, 0) is 18.8 Å². The summed E-state index contributed by atoms with van der Waals surface area (Å²) in [6, 6.07) is 0. The summed E-state index contributed by atoms with van der Waals surface area (Å²) in [5.74, 6) is -0.440. The van der Waals surface area contributed by atoms with Crippen LogP contribution in [0.3, 0.4) is 0 Å². The average Bonchev–Trinajstić information content (AvgIpc) is 2.02. The van der Waals surface area contributed by atoms with Crippen molar-refractivity contribution in [3.63, 3.8) is 0 Å². The summed E-state index contributed by atoms with van der Waals surface area (Å²) in [6.45, 7) is 4.14. The first kappa shape index (κ1) is 12.2. The van der Waals surface area contributed by atoms with Gasteiger partial charge >= 0.3 is 5.97 Å². The summed E-state index contributed by atoms with van der Waals surface area (Å²) in [5.41, 5.74) is 0. The summed E-state index contributed by atoms with van der Waals surface area (Å²) >= 11 is 0. The molecule has 76 valence electrons. The lowest BCUT2D eigenvalue weighted by atomic mass is 10.0. The Balaban J connectivity index is 3.39. The van der Waals surface area contributed by atoms with Crippen LogP contribution in [0.15, 0.2) is 12.2 Å². The van der Waals surface area contributed by atoms with E-state index in [1.54, 1.807) is 0 Å². The fraction of sp³-hybridized carbons (Fsp3) is 0.727. The topological polar surface area (TPSA) is 37.3 Å². The largest absolute Gasteiger partial charge is 0.481 e. The van der Waals surface area contributed by atoms with Crippen molar-refractivity contribution in [1.29, 1.82) is 0 Å². The van der Waals surface area contributed by atoms with Gasteiger partial charge in [0.2, 0.25) is 0 Å². The van der Waals surface area contributed by atoms with Gasteiger partial charge in [0.25, 0.3) is 0 Å². The van der Waals surface area contributed by atoms with E-state index < -0.39 is 5.97 Å². The van der Waals surface area contributed by atoms with Gasteiger partial charge in [0.1, 0.15) is 0 Å². The fourth-order valence-electron chi connectivity index (χ4n) is 1.15. The molecule has 0 radical (unpaired) electrons. The summed E-state index contributed by atoms with van der Waals surface area (Å²) in [7, 11) is 0. The van der Waals surface area contributed by atoms with Gasteiger partial charge in [-0.1, -0.05) is 38.8 Å². The molecule has 0 saturated carbocycles. The van der Waals surface area contributed by atoms with Crippen molar-refractivity contribution in [2.75, 3.05) is 0 Å². The van der Waals surface area contributed by atoms with Crippen molar-refractivity contribution in [1.82, 2.24) is 0 Å². The minimum Gasteiger partial charge on any atom is -0.481 e. The van der Waals surface area contributed by atoms with Gasteiger partial charge in [-0.25, -0.2) is 0 Å². The van der Waals surface area contributed by atoms with Crippen LogP contribution in [0.2, 0.25) is 0 Å². The van der Waals surface area contributed by atoms with E-state index >= 15 is 0 Å². The number of unbranched alkanes of at least 4 members (excludes halogenated alkanes) is 2. The maximum atomic E-state index is 10.3. The lowest BCUT2D eigenvalue weighted by molar-refractivity contribution is -0.137. The summed E-state index contributed by atoms with van der Waals surface area (Å²) in [6.07, 6.45) is 8.98. The smallest absolute Gasteiger partial charge is 0.303 e. The zero-order valence-corrected chi connectivity index (χ0v) is 8.62. The normalized spacial score (nSPS) is 13.4. The molecule has 1 N–H and O–H groups in total. The molecular formula is C11H20O2. The lowest BCUT2D eigenvalue weighted by Crippen LogP contribution is -2.02. The van der Waals surface area contributed by atoms with Gasteiger partial charge in [-0.15, -0.1) is 0 Å². The molecule has 0 fully saturated rings. The van der Waals surface area contributed by atoms with Gasteiger partial charge in [0.15, 0.2) is 0 Å². The molecule has 0 aliphatic carbocycles. The van der Waals surface area contributed by atoms with E-state index in [4.69, 9.17) is 5.11 Å². The number of carboxylic acids is 1. The van der Waals surface area contributed by atoms with E-state index in [2.05, 4.69) is 19.1 Å². The van der Waals surface area contributed by atoms with Gasteiger partial charge in [0, 0.05) is 6.42 Å². The van der Waals surface area contributed by atoms with Crippen LogP contribution in [0.1, 0.15) is 46.0 Å². The van der Waals surface area contributed by atoms with E-state index in [9.17, 15) is 4.79 Å². The van der Waals surface area contributed by atoms with Gasteiger partial charge in [0.05, 0.1) is 0 Å². The molecule has 0 amide bonds. The molecule has 0 bridgehead atoms. The molecule has 0 aromatic rings. The molecule has 0 aliphatic rings. The third kappa shape index (κ3) is 9.12. The number of allylic oxidation sites excluding steroid dienone is 2. The molecule has 0 aromatic carbocycles. The second-order valence-electron chi connectivity index (χ2n) is 3.55. The average molecular weight is 184 g/mol. The first-order chi connectivity index (χ1) is 6.16. The summed E-state index contributed by atoms with van der Waals surface area (Å²) in [5, 5.41) is 8.50. The van der Waals surface area contributed by atoms with Crippen molar-refractivity contribution in [2.45, 2.75) is 46.0 Å². The Morgan fingerprint density at radius 2 is 2.15 bits per heavy atom. The minimum atomic E-state index is -0.700. The molecule has 2 nitrogen and oxygen atoms in total. The van der Waals surface area contributed by atoms with Crippen LogP contribution in [0.5, 0.6) is 0 Å². The number of carbonyl (C=O) groups is 1. The maximum Gasteiger partial charge on any atom is 0.303 e. The number of carboxylic acid groups (broad SMARTS) is 1. The van der Waals surface area contributed by atoms with Crippen LogP contribution in [0, 0.1) is 5.92 Å². The number of aliphatic carboxylic acids is 1. The Bertz CT molecular complexity index is 161. The first-order valence-corrected chi connectivity index (χ1v) is 5.03. The molecule has 0 aliphatic heterocycles. The highest BCUT2D eigenvalue weighted by Gasteiger charge is 2.04. The quantitative estimate of drug-likeness (QED) is 0.487. The maximum absolute atomic E-state index is 10.3. The Morgan fingerprint density at radius 1 is 1.46 bits per heavy atom. The monoisotopic (exact) mass is 184 g/mol. The zero-order chi connectivity index (χ0) is 10.1. The van der Waals surface area contributed by atoms with Crippen LogP contribution in [0.25, 0.3) is 0 Å². The molecule has 2 heteroatoms. The Kier molecular flexibility index (Phi) is 7.36. The highest BCUT2D eigenvalue weighted by atomic mass is 16.4. The fourth-order valence-corrected chi connectivity index (χ4v) is 1.15. The number of hydrogen-bond donors (Lipinski definition) is 1. The lowest BCUT2D eigenvalue weighted by Gasteiger charge is -2.03. The molecule has 0 saturated heterocycles. The van der Waals surface area contributed by atoms with Crippen LogP contribution in [-0.2, 0) is 4.79 Å². The third-order valence-electron chi connectivity index (χ3n) is 1.95.